The van der Waals surface area contributed by atoms with Crippen LogP contribution in [-0.2, 0) is 9.53 Å². The zero-order chi connectivity index (χ0) is 22.5. The largest absolute Gasteiger partial charge is 0.482 e. The predicted molar refractivity (Wildman–Crippen MR) is 123 cm³/mol. The van der Waals surface area contributed by atoms with Gasteiger partial charge in [-0.2, -0.15) is 0 Å². The van der Waals surface area contributed by atoms with Gasteiger partial charge in [-0.25, -0.2) is 9.19 Å². The maximum atomic E-state index is 12.4. The lowest BCUT2D eigenvalue weighted by molar-refractivity contribution is -0.146. The first kappa shape index (κ1) is 24.3. The van der Waals surface area contributed by atoms with Gasteiger partial charge in [0.25, 0.3) is 0 Å². The number of esters is 1. The average molecular weight is 442 g/mol. The number of nitrogens with zero attached hydrogens (tertiary/aromatic N) is 1. The third-order valence-electron chi connectivity index (χ3n) is 4.41. The standard InChI is InChI=1S/C24H27NO5S/c1-3-4-15-29-24(28)17-30-21-11-9-20(10-12-21)23(27)14-13-22(26)19-7-5-18(6-8-19)16-25-31-2/h5-12,16H,3-4,13-15,17H2,1-2H3/b25-16+. The van der Waals surface area contributed by atoms with Crippen molar-refractivity contribution in [1.82, 2.24) is 0 Å². The summed E-state index contributed by atoms with van der Waals surface area (Å²) in [6.07, 6.45) is 5.64. The molecule has 2 rings (SSSR count). The number of unbranched alkanes of at least 4 members (excludes halogenated alkanes) is 1. The minimum Gasteiger partial charge on any atom is -0.482 e. The second-order valence-electron chi connectivity index (χ2n) is 6.77. The van der Waals surface area contributed by atoms with Gasteiger partial charge in [-0.05, 0) is 48.2 Å². The van der Waals surface area contributed by atoms with Crippen LogP contribution in [0.2, 0.25) is 0 Å². The van der Waals surface area contributed by atoms with Gasteiger partial charge in [-0.3, -0.25) is 9.59 Å². The van der Waals surface area contributed by atoms with Crippen LogP contribution in [0, 0.1) is 0 Å². The highest BCUT2D eigenvalue weighted by Crippen LogP contribution is 2.15. The van der Waals surface area contributed by atoms with Gasteiger partial charge in [0.15, 0.2) is 18.2 Å². The Bertz CT molecular complexity index is 891. The van der Waals surface area contributed by atoms with Gasteiger partial charge in [-0.15, -0.1) is 0 Å². The van der Waals surface area contributed by atoms with Crippen molar-refractivity contribution in [2.24, 2.45) is 4.40 Å². The molecule has 0 atom stereocenters. The molecule has 164 valence electrons. The van der Waals surface area contributed by atoms with E-state index in [9.17, 15) is 14.4 Å². The molecule has 6 nitrogen and oxygen atoms in total. The normalized spacial score (nSPS) is 10.8. The molecule has 0 aromatic heterocycles. The highest BCUT2D eigenvalue weighted by atomic mass is 32.2. The monoisotopic (exact) mass is 441 g/mol. The van der Waals surface area contributed by atoms with Gasteiger partial charge in [0, 0.05) is 36.4 Å². The van der Waals surface area contributed by atoms with Crippen molar-refractivity contribution in [2.45, 2.75) is 32.6 Å². The fraction of sp³-hybridized carbons (Fsp3) is 0.333. The van der Waals surface area contributed by atoms with E-state index in [2.05, 4.69) is 4.40 Å². The Morgan fingerprint density at radius 1 is 0.935 bits per heavy atom. The highest BCUT2D eigenvalue weighted by Gasteiger charge is 2.12. The van der Waals surface area contributed by atoms with Crippen LogP contribution >= 0.6 is 11.9 Å². The second kappa shape index (κ2) is 13.4. The van der Waals surface area contributed by atoms with Crippen LogP contribution in [0.5, 0.6) is 5.75 Å². The number of ketones is 2. The van der Waals surface area contributed by atoms with Gasteiger partial charge < -0.3 is 9.47 Å². The molecule has 0 saturated carbocycles. The second-order valence-corrected chi connectivity index (χ2v) is 7.35. The Morgan fingerprint density at radius 3 is 2.06 bits per heavy atom. The predicted octanol–water partition coefficient (Wildman–Crippen LogP) is 4.95. The average Bonchev–Trinajstić information content (AvgIpc) is 2.80. The SMILES string of the molecule is CCCCOC(=O)COc1ccc(C(=O)CCC(=O)c2ccc(/C=N/SC)cc2)cc1. The lowest BCUT2D eigenvalue weighted by Crippen LogP contribution is -2.15. The Kier molecular flexibility index (Phi) is 10.5. The van der Waals surface area contributed by atoms with Crippen molar-refractivity contribution in [3.05, 3.63) is 65.2 Å². The molecule has 7 heteroatoms. The smallest absolute Gasteiger partial charge is 0.344 e. The summed E-state index contributed by atoms with van der Waals surface area (Å²) in [4.78, 5) is 36.3. The summed E-state index contributed by atoms with van der Waals surface area (Å²) in [5.74, 6) is -0.146. The molecular weight excluding hydrogens is 414 g/mol. The molecule has 0 saturated heterocycles. The molecule has 0 heterocycles. The molecule has 31 heavy (non-hydrogen) atoms. The number of hydrogen-bond acceptors (Lipinski definition) is 7. The molecule has 0 bridgehead atoms. The Morgan fingerprint density at radius 2 is 1.52 bits per heavy atom. The molecule has 2 aromatic carbocycles. The number of Topliss-reactive ketones (excluding diaryl/α,β-unsaturated/α-hetero) is 2. The summed E-state index contributed by atoms with van der Waals surface area (Å²) >= 11 is 1.36. The number of benzene rings is 2. The molecule has 0 aliphatic carbocycles. The van der Waals surface area contributed by atoms with E-state index in [0.29, 0.717) is 23.5 Å². The third kappa shape index (κ3) is 8.76. The fourth-order valence-electron chi connectivity index (χ4n) is 2.64. The minimum absolute atomic E-state index is 0.0803. The van der Waals surface area contributed by atoms with E-state index < -0.39 is 5.97 Å². The van der Waals surface area contributed by atoms with E-state index >= 15 is 0 Å². The molecule has 0 aliphatic rings. The van der Waals surface area contributed by atoms with Gasteiger partial charge in [0.05, 0.1) is 6.61 Å². The molecule has 0 radical (unpaired) electrons. The number of carbonyl (C=O) groups excluding carboxylic acids is 3. The van der Waals surface area contributed by atoms with Gasteiger partial charge in [-0.1, -0.05) is 37.6 Å². The summed E-state index contributed by atoms with van der Waals surface area (Å²) in [5.41, 5.74) is 1.98. The zero-order valence-corrected chi connectivity index (χ0v) is 18.7. The number of ether oxygens (including phenoxy) is 2. The maximum absolute atomic E-state index is 12.4. The van der Waals surface area contributed by atoms with Crippen molar-refractivity contribution < 1.29 is 23.9 Å². The van der Waals surface area contributed by atoms with E-state index in [-0.39, 0.29) is 31.0 Å². The van der Waals surface area contributed by atoms with Crippen molar-refractivity contribution in [3.63, 3.8) is 0 Å². The van der Waals surface area contributed by atoms with E-state index in [1.807, 2.05) is 25.3 Å². The highest BCUT2D eigenvalue weighted by molar-refractivity contribution is 7.97. The first-order chi connectivity index (χ1) is 15.0. The number of carbonyl (C=O) groups is 3. The summed E-state index contributed by atoms with van der Waals surface area (Å²) in [6.45, 7) is 2.23. The van der Waals surface area contributed by atoms with Crippen LogP contribution in [0.25, 0.3) is 0 Å². The van der Waals surface area contributed by atoms with E-state index in [0.717, 1.165) is 18.4 Å². The zero-order valence-electron chi connectivity index (χ0n) is 17.8. The minimum atomic E-state index is -0.420. The van der Waals surface area contributed by atoms with Crippen LogP contribution in [0.4, 0.5) is 0 Å². The summed E-state index contributed by atoms with van der Waals surface area (Å²) in [5, 5.41) is 0. The first-order valence-corrected chi connectivity index (χ1v) is 11.3. The van der Waals surface area contributed by atoms with Gasteiger partial charge in [0.2, 0.25) is 0 Å². The third-order valence-corrected chi connectivity index (χ3v) is 4.73. The van der Waals surface area contributed by atoms with Gasteiger partial charge >= 0.3 is 5.97 Å². The van der Waals surface area contributed by atoms with Crippen molar-refractivity contribution in [3.8, 4) is 5.75 Å². The number of hydrogen-bond donors (Lipinski definition) is 0. The Balaban J connectivity index is 1.79. The Labute approximate surface area is 187 Å². The topological polar surface area (TPSA) is 82.0 Å². The van der Waals surface area contributed by atoms with Crippen LogP contribution in [0.3, 0.4) is 0 Å². The molecule has 0 N–H and O–H groups in total. The lowest BCUT2D eigenvalue weighted by atomic mass is 10.0. The van der Waals surface area contributed by atoms with Crippen molar-refractivity contribution in [2.75, 3.05) is 19.5 Å². The molecule has 0 fully saturated rings. The Hall–Kier alpha value is -2.93. The maximum Gasteiger partial charge on any atom is 0.344 e. The van der Waals surface area contributed by atoms with Crippen molar-refractivity contribution in [1.29, 1.82) is 0 Å². The van der Waals surface area contributed by atoms with Crippen LogP contribution in [0.1, 0.15) is 58.9 Å². The van der Waals surface area contributed by atoms with E-state index in [4.69, 9.17) is 9.47 Å². The van der Waals surface area contributed by atoms with Crippen LogP contribution in [0.15, 0.2) is 52.9 Å². The molecule has 0 spiro atoms. The summed E-state index contributed by atoms with van der Waals surface area (Å²) < 4.78 is 14.5. The first-order valence-electron chi connectivity index (χ1n) is 10.1. The lowest BCUT2D eigenvalue weighted by Gasteiger charge is -2.07. The molecule has 2 aromatic rings. The molecule has 0 unspecified atom stereocenters. The molecule has 0 amide bonds. The molecule has 0 aliphatic heterocycles. The van der Waals surface area contributed by atoms with Crippen LogP contribution < -0.4 is 4.74 Å². The van der Waals surface area contributed by atoms with E-state index in [1.165, 1.54) is 11.9 Å². The van der Waals surface area contributed by atoms with Gasteiger partial charge in [0.1, 0.15) is 5.75 Å². The fourth-order valence-corrected chi connectivity index (χ4v) is 2.86. The summed E-state index contributed by atoms with van der Waals surface area (Å²) in [7, 11) is 0. The van der Waals surface area contributed by atoms with Crippen molar-refractivity contribution >= 4 is 35.7 Å². The quantitative estimate of drug-likeness (QED) is 0.144. The molecular formula is C24H27NO5S. The van der Waals surface area contributed by atoms with Crippen LogP contribution in [-0.4, -0.2) is 43.2 Å². The van der Waals surface area contributed by atoms with E-state index in [1.54, 1.807) is 42.6 Å². The summed E-state index contributed by atoms with van der Waals surface area (Å²) in [6, 6.07) is 13.7. The number of rotatable bonds is 13.